The van der Waals surface area contributed by atoms with Crippen molar-refractivity contribution in [1.82, 2.24) is 0 Å². The van der Waals surface area contributed by atoms with Gasteiger partial charge in [0, 0.05) is 0 Å². The van der Waals surface area contributed by atoms with Crippen molar-refractivity contribution in [2.45, 2.75) is 32.7 Å². The first kappa shape index (κ1) is 12.7. The molecule has 1 aromatic rings. The Labute approximate surface area is 96.3 Å². The monoisotopic (exact) mass is 221 g/mol. The molecule has 16 heavy (non-hydrogen) atoms. The average molecular weight is 221 g/mol. The Morgan fingerprint density at radius 1 is 1.31 bits per heavy atom. The molecule has 0 amide bonds. The first-order valence-corrected chi connectivity index (χ1v) is 5.73. The van der Waals surface area contributed by atoms with Crippen LogP contribution < -0.4 is 5.73 Å². The molecule has 3 nitrogen and oxygen atoms in total. The molecule has 1 aliphatic carbocycles. The Bertz CT molecular complexity index is 338. The number of nitrogens with two attached hydrogens (primary N) is 1. The fourth-order valence-electron chi connectivity index (χ4n) is 2.05. The molecule has 0 bridgehead atoms. The largest absolute Gasteiger partial charge is 0.480 e. The van der Waals surface area contributed by atoms with Crippen molar-refractivity contribution >= 4 is 5.97 Å². The third-order valence-corrected chi connectivity index (χ3v) is 2.88. The van der Waals surface area contributed by atoms with Crippen LogP contribution in [0.2, 0.25) is 0 Å². The van der Waals surface area contributed by atoms with Gasteiger partial charge in [0.1, 0.15) is 6.04 Å². The molecule has 0 heterocycles. The Morgan fingerprint density at radius 2 is 1.75 bits per heavy atom. The van der Waals surface area contributed by atoms with E-state index in [1.165, 1.54) is 11.1 Å². The van der Waals surface area contributed by atoms with E-state index in [-0.39, 0.29) is 5.92 Å². The summed E-state index contributed by atoms with van der Waals surface area (Å²) >= 11 is 0. The molecule has 3 heteroatoms. The fraction of sp³-hybridized carbons (Fsp3) is 0.462. The van der Waals surface area contributed by atoms with Crippen molar-refractivity contribution in [3.8, 4) is 0 Å². The molecule has 0 saturated heterocycles. The van der Waals surface area contributed by atoms with Gasteiger partial charge in [-0.05, 0) is 29.9 Å². The number of carboxylic acids is 1. The SMILES string of the molecule is CC.NC(C(=O)O)C1Cc2ccccc2C1. The van der Waals surface area contributed by atoms with E-state index in [0.717, 1.165) is 12.8 Å². The molecule has 1 aliphatic rings. The summed E-state index contributed by atoms with van der Waals surface area (Å²) in [6.07, 6.45) is 1.59. The van der Waals surface area contributed by atoms with Crippen LogP contribution in [-0.2, 0) is 17.6 Å². The normalized spacial score (nSPS) is 15.9. The van der Waals surface area contributed by atoms with Gasteiger partial charge >= 0.3 is 5.97 Å². The van der Waals surface area contributed by atoms with Gasteiger partial charge in [-0.2, -0.15) is 0 Å². The quantitative estimate of drug-likeness (QED) is 0.801. The Hall–Kier alpha value is -1.35. The summed E-state index contributed by atoms with van der Waals surface area (Å²) in [5.74, 6) is -0.840. The molecular weight excluding hydrogens is 202 g/mol. The summed E-state index contributed by atoms with van der Waals surface area (Å²) in [4.78, 5) is 10.7. The van der Waals surface area contributed by atoms with Crippen molar-refractivity contribution in [2.75, 3.05) is 0 Å². The first-order chi connectivity index (χ1) is 7.68. The molecule has 88 valence electrons. The minimum Gasteiger partial charge on any atom is -0.480 e. The van der Waals surface area contributed by atoms with Crippen LogP contribution >= 0.6 is 0 Å². The molecule has 1 aromatic carbocycles. The second kappa shape index (κ2) is 5.66. The zero-order valence-electron chi connectivity index (χ0n) is 9.81. The van der Waals surface area contributed by atoms with Crippen LogP contribution in [0.1, 0.15) is 25.0 Å². The van der Waals surface area contributed by atoms with Gasteiger partial charge in [-0.15, -0.1) is 0 Å². The molecule has 1 atom stereocenters. The molecule has 0 aromatic heterocycles. The van der Waals surface area contributed by atoms with Gasteiger partial charge in [-0.25, -0.2) is 0 Å². The highest BCUT2D eigenvalue weighted by atomic mass is 16.4. The van der Waals surface area contributed by atoms with Crippen molar-refractivity contribution in [3.05, 3.63) is 35.4 Å². The second-order valence-corrected chi connectivity index (χ2v) is 3.80. The summed E-state index contributed by atoms with van der Waals surface area (Å²) in [5, 5.41) is 8.80. The maximum atomic E-state index is 10.7. The van der Waals surface area contributed by atoms with Crippen molar-refractivity contribution in [1.29, 1.82) is 0 Å². The topological polar surface area (TPSA) is 63.3 Å². The number of carbonyl (C=O) groups is 1. The van der Waals surface area contributed by atoms with Crippen LogP contribution in [0.15, 0.2) is 24.3 Å². The third kappa shape index (κ3) is 2.61. The summed E-state index contributed by atoms with van der Waals surface area (Å²) in [6, 6.07) is 7.32. The molecule has 1 unspecified atom stereocenters. The summed E-state index contributed by atoms with van der Waals surface area (Å²) in [6.45, 7) is 4.00. The van der Waals surface area contributed by atoms with Crippen LogP contribution in [0.3, 0.4) is 0 Å². The third-order valence-electron chi connectivity index (χ3n) is 2.88. The van der Waals surface area contributed by atoms with Crippen LogP contribution in [0.25, 0.3) is 0 Å². The average Bonchev–Trinajstić information content (AvgIpc) is 2.74. The zero-order chi connectivity index (χ0) is 12.1. The van der Waals surface area contributed by atoms with E-state index in [2.05, 4.69) is 0 Å². The lowest BCUT2D eigenvalue weighted by Crippen LogP contribution is -2.38. The van der Waals surface area contributed by atoms with E-state index in [9.17, 15) is 4.79 Å². The zero-order valence-corrected chi connectivity index (χ0v) is 9.81. The van der Waals surface area contributed by atoms with Gasteiger partial charge < -0.3 is 10.8 Å². The minimum atomic E-state index is -0.900. The Balaban J connectivity index is 0.000000606. The number of hydrogen-bond acceptors (Lipinski definition) is 2. The molecule has 0 aliphatic heterocycles. The molecule has 2 rings (SSSR count). The highest BCUT2D eigenvalue weighted by molar-refractivity contribution is 5.73. The highest BCUT2D eigenvalue weighted by Gasteiger charge is 2.29. The van der Waals surface area contributed by atoms with Crippen LogP contribution in [0.4, 0.5) is 0 Å². The maximum Gasteiger partial charge on any atom is 0.320 e. The lowest BCUT2D eigenvalue weighted by molar-refractivity contribution is -0.139. The summed E-state index contributed by atoms with van der Waals surface area (Å²) in [5.41, 5.74) is 8.09. The fourth-order valence-corrected chi connectivity index (χ4v) is 2.05. The lowest BCUT2D eigenvalue weighted by Gasteiger charge is -2.13. The van der Waals surface area contributed by atoms with Gasteiger partial charge in [0.2, 0.25) is 0 Å². The smallest absolute Gasteiger partial charge is 0.320 e. The summed E-state index contributed by atoms with van der Waals surface area (Å²) in [7, 11) is 0. The van der Waals surface area contributed by atoms with E-state index in [1.807, 2.05) is 38.1 Å². The molecule has 0 radical (unpaired) electrons. The molecular formula is C13H19NO2. The Morgan fingerprint density at radius 3 is 2.12 bits per heavy atom. The van der Waals surface area contributed by atoms with E-state index in [4.69, 9.17) is 10.8 Å². The number of carboxylic acid groups (broad SMARTS) is 1. The van der Waals surface area contributed by atoms with E-state index in [1.54, 1.807) is 0 Å². The van der Waals surface area contributed by atoms with Crippen LogP contribution in [0.5, 0.6) is 0 Å². The predicted octanol–water partition coefficient (Wildman–Crippen LogP) is 1.84. The number of aliphatic carboxylic acids is 1. The number of hydrogen-bond donors (Lipinski definition) is 2. The minimum absolute atomic E-state index is 0.0601. The number of fused-ring (bicyclic) bond motifs is 1. The standard InChI is InChI=1S/C11H13NO2.C2H6/c12-10(11(13)14)9-5-7-3-1-2-4-8(7)6-9;1-2/h1-4,9-10H,5-6,12H2,(H,13,14);1-2H3. The number of rotatable bonds is 2. The molecule has 0 fully saturated rings. The van der Waals surface area contributed by atoms with E-state index >= 15 is 0 Å². The van der Waals surface area contributed by atoms with Gasteiger partial charge in [-0.1, -0.05) is 38.1 Å². The molecule has 0 spiro atoms. The second-order valence-electron chi connectivity index (χ2n) is 3.80. The maximum absolute atomic E-state index is 10.7. The van der Waals surface area contributed by atoms with Crippen molar-refractivity contribution < 1.29 is 9.90 Å². The molecule has 0 saturated carbocycles. The summed E-state index contributed by atoms with van der Waals surface area (Å²) < 4.78 is 0. The lowest BCUT2D eigenvalue weighted by atomic mass is 9.98. The van der Waals surface area contributed by atoms with Crippen molar-refractivity contribution in [3.63, 3.8) is 0 Å². The first-order valence-electron chi connectivity index (χ1n) is 5.73. The predicted molar refractivity (Wildman–Crippen MR) is 64.3 cm³/mol. The van der Waals surface area contributed by atoms with Crippen molar-refractivity contribution in [2.24, 2.45) is 11.7 Å². The van der Waals surface area contributed by atoms with Gasteiger partial charge in [-0.3, -0.25) is 4.79 Å². The van der Waals surface area contributed by atoms with E-state index < -0.39 is 12.0 Å². The van der Waals surface area contributed by atoms with Gasteiger partial charge in [0.15, 0.2) is 0 Å². The van der Waals surface area contributed by atoms with Gasteiger partial charge in [0.25, 0.3) is 0 Å². The van der Waals surface area contributed by atoms with Crippen LogP contribution in [-0.4, -0.2) is 17.1 Å². The Kier molecular flexibility index (Phi) is 4.50. The van der Waals surface area contributed by atoms with Crippen LogP contribution in [0, 0.1) is 5.92 Å². The number of benzene rings is 1. The molecule has 3 N–H and O–H groups in total. The van der Waals surface area contributed by atoms with E-state index in [0.29, 0.717) is 0 Å². The van der Waals surface area contributed by atoms with Gasteiger partial charge in [0.05, 0.1) is 0 Å². The highest BCUT2D eigenvalue weighted by Crippen LogP contribution is 2.27.